The number of carbonyl (C=O) groups excluding carboxylic acids is 2. The van der Waals surface area contributed by atoms with Crippen molar-refractivity contribution in [1.82, 2.24) is 19.4 Å². The van der Waals surface area contributed by atoms with Gasteiger partial charge in [-0.25, -0.2) is 8.42 Å². The predicted octanol–water partition coefficient (Wildman–Crippen LogP) is 0.224. The minimum Gasteiger partial charge on any atom is -0.342 e. The molecule has 1 heterocycles. The van der Waals surface area contributed by atoms with Gasteiger partial charge in [0.25, 0.3) is 5.91 Å². The van der Waals surface area contributed by atoms with Crippen molar-refractivity contribution in [1.29, 1.82) is 0 Å². The fourth-order valence-electron chi connectivity index (χ4n) is 3.16. The highest BCUT2D eigenvalue weighted by Gasteiger charge is 2.24. The Labute approximate surface area is 172 Å². The van der Waals surface area contributed by atoms with Crippen LogP contribution >= 0.6 is 0 Å². The molecule has 0 atom stereocenters. The molecule has 0 radical (unpaired) electrons. The maximum atomic E-state index is 12.7. The first-order chi connectivity index (χ1) is 13.8. The molecule has 0 bridgehead atoms. The van der Waals surface area contributed by atoms with E-state index in [-0.39, 0.29) is 23.3 Å². The third-order valence-corrected chi connectivity index (χ3v) is 6.33. The van der Waals surface area contributed by atoms with Gasteiger partial charge in [0.2, 0.25) is 15.9 Å². The summed E-state index contributed by atoms with van der Waals surface area (Å²) >= 11 is 0. The summed E-state index contributed by atoms with van der Waals surface area (Å²) in [5.41, 5.74) is 0.425. The maximum absolute atomic E-state index is 12.7. The molecule has 1 aromatic carbocycles. The van der Waals surface area contributed by atoms with Gasteiger partial charge in [0.15, 0.2) is 0 Å². The number of nitrogens with zero attached hydrogens (tertiary/aromatic N) is 3. The van der Waals surface area contributed by atoms with Crippen molar-refractivity contribution in [3.8, 4) is 12.3 Å². The molecule has 1 saturated heterocycles. The van der Waals surface area contributed by atoms with Crippen LogP contribution in [0.3, 0.4) is 0 Å². The molecule has 0 aromatic heterocycles. The first kappa shape index (κ1) is 22.9. The van der Waals surface area contributed by atoms with Crippen LogP contribution in [0.15, 0.2) is 29.2 Å². The first-order valence-corrected chi connectivity index (χ1v) is 11.1. The lowest BCUT2D eigenvalue weighted by Gasteiger charge is -2.35. The summed E-state index contributed by atoms with van der Waals surface area (Å²) in [4.78, 5) is 30.6. The van der Waals surface area contributed by atoms with E-state index < -0.39 is 10.0 Å². The Balaban J connectivity index is 1.92. The van der Waals surface area contributed by atoms with Gasteiger partial charge < -0.3 is 9.80 Å². The van der Waals surface area contributed by atoms with Crippen molar-refractivity contribution in [3.63, 3.8) is 0 Å². The molecule has 8 nitrogen and oxygen atoms in total. The zero-order valence-corrected chi connectivity index (χ0v) is 17.7. The monoisotopic (exact) mass is 420 g/mol. The Morgan fingerprint density at radius 1 is 1.10 bits per heavy atom. The molecule has 2 amide bonds. The molecule has 9 heteroatoms. The van der Waals surface area contributed by atoms with Crippen molar-refractivity contribution in [2.24, 2.45) is 0 Å². The third kappa shape index (κ3) is 6.03. The van der Waals surface area contributed by atoms with E-state index in [1.54, 1.807) is 9.80 Å². The molecule has 1 aliphatic rings. The van der Waals surface area contributed by atoms with Gasteiger partial charge in [0.1, 0.15) is 0 Å². The average molecular weight is 421 g/mol. The smallest absolute Gasteiger partial charge is 0.253 e. The van der Waals surface area contributed by atoms with Crippen LogP contribution in [0.4, 0.5) is 0 Å². The Bertz CT molecular complexity index is 849. The zero-order valence-electron chi connectivity index (χ0n) is 16.9. The molecular weight excluding hydrogens is 392 g/mol. The van der Waals surface area contributed by atoms with Gasteiger partial charge in [-0.1, -0.05) is 5.92 Å². The van der Waals surface area contributed by atoms with Crippen LogP contribution in [0.2, 0.25) is 0 Å². The van der Waals surface area contributed by atoms with Crippen LogP contribution in [0, 0.1) is 12.3 Å². The average Bonchev–Trinajstić information content (AvgIpc) is 2.73. The summed E-state index contributed by atoms with van der Waals surface area (Å²) in [6.07, 6.45) is 5.07. The van der Waals surface area contributed by atoms with Gasteiger partial charge >= 0.3 is 0 Å². The molecule has 1 N–H and O–H groups in total. The van der Waals surface area contributed by atoms with E-state index in [1.165, 1.54) is 24.3 Å². The lowest BCUT2D eigenvalue weighted by molar-refractivity contribution is -0.132. The highest BCUT2D eigenvalue weighted by molar-refractivity contribution is 7.89. The fourth-order valence-corrected chi connectivity index (χ4v) is 4.09. The minimum atomic E-state index is -3.68. The summed E-state index contributed by atoms with van der Waals surface area (Å²) in [5.74, 6) is 2.16. The van der Waals surface area contributed by atoms with E-state index in [0.717, 1.165) is 0 Å². The fraction of sp³-hybridized carbons (Fsp3) is 0.500. The first-order valence-electron chi connectivity index (χ1n) is 9.65. The molecule has 1 aromatic rings. The topological polar surface area (TPSA) is 90.0 Å². The highest BCUT2D eigenvalue weighted by Crippen LogP contribution is 2.14. The van der Waals surface area contributed by atoms with Crippen molar-refractivity contribution in [2.75, 3.05) is 52.4 Å². The van der Waals surface area contributed by atoms with Gasteiger partial charge in [0.05, 0.1) is 18.0 Å². The molecule has 0 saturated carbocycles. The van der Waals surface area contributed by atoms with Gasteiger partial charge in [-0.05, 0) is 38.1 Å². The predicted molar refractivity (Wildman–Crippen MR) is 111 cm³/mol. The Hall–Kier alpha value is -2.41. The number of nitrogens with one attached hydrogen (secondary N) is 1. The maximum Gasteiger partial charge on any atom is 0.253 e. The molecule has 29 heavy (non-hydrogen) atoms. The highest BCUT2D eigenvalue weighted by atomic mass is 32.2. The lowest BCUT2D eigenvalue weighted by Crippen LogP contribution is -2.51. The Morgan fingerprint density at radius 3 is 2.21 bits per heavy atom. The van der Waals surface area contributed by atoms with Crippen LogP contribution in [0.25, 0.3) is 0 Å². The van der Waals surface area contributed by atoms with E-state index in [1.807, 2.05) is 13.8 Å². The van der Waals surface area contributed by atoms with Crippen LogP contribution in [-0.4, -0.2) is 87.3 Å². The standard InChI is InChI=1S/C20H28N4O4S/c1-4-11-21-29(27,28)18-9-7-17(8-10-18)20(26)24-14-12-22(13-15-24)16-19(25)23(5-2)6-3/h1,7-10,21H,5-6,11-16H2,2-3H3. The second kappa shape index (κ2) is 10.4. The summed E-state index contributed by atoms with van der Waals surface area (Å²) < 4.78 is 26.4. The number of sulfonamides is 1. The number of hydrogen-bond donors (Lipinski definition) is 1. The van der Waals surface area contributed by atoms with Crippen molar-refractivity contribution in [2.45, 2.75) is 18.7 Å². The number of piperazine rings is 1. The van der Waals surface area contributed by atoms with E-state index in [0.29, 0.717) is 51.4 Å². The number of benzene rings is 1. The molecular formula is C20H28N4O4S. The second-order valence-corrected chi connectivity index (χ2v) is 8.45. The van der Waals surface area contributed by atoms with Gasteiger partial charge in [0, 0.05) is 44.8 Å². The normalized spacial score (nSPS) is 15.0. The van der Waals surface area contributed by atoms with Gasteiger partial charge in [-0.2, -0.15) is 4.72 Å². The van der Waals surface area contributed by atoms with Crippen LogP contribution in [0.1, 0.15) is 24.2 Å². The minimum absolute atomic E-state index is 0.0593. The van der Waals surface area contributed by atoms with Crippen LogP contribution < -0.4 is 4.72 Å². The molecule has 0 aliphatic carbocycles. The zero-order chi connectivity index (χ0) is 21.4. The van der Waals surface area contributed by atoms with Crippen molar-refractivity contribution < 1.29 is 18.0 Å². The lowest BCUT2D eigenvalue weighted by atomic mass is 10.2. The SMILES string of the molecule is C#CCNS(=O)(=O)c1ccc(C(=O)N2CCN(CC(=O)N(CC)CC)CC2)cc1. The van der Waals surface area contributed by atoms with Gasteiger partial charge in [-0.3, -0.25) is 14.5 Å². The summed E-state index contributed by atoms with van der Waals surface area (Å²) in [6.45, 7) is 7.87. The number of amides is 2. The molecule has 158 valence electrons. The molecule has 1 aliphatic heterocycles. The molecule has 1 fully saturated rings. The Kier molecular flexibility index (Phi) is 8.20. The van der Waals surface area contributed by atoms with E-state index >= 15 is 0 Å². The molecule has 2 rings (SSSR count). The van der Waals surface area contributed by atoms with E-state index in [2.05, 4.69) is 15.5 Å². The molecule has 0 unspecified atom stereocenters. The largest absolute Gasteiger partial charge is 0.342 e. The van der Waals surface area contributed by atoms with Crippen LogP contribution in [0.5, 0.6) is 0 Å². The quantitative estimate of drug-likeness (QED) is 0.608. The summed E-state index contributed by atoms with van der Waals surface area (Å²) in [5, 5.41) is 0. The number of terminal acetylenes is 1. The van der Waals surface area contributed by atoms with Crippen LogP contribution in [-0.2, 0) is 14.8 Å². The van der Waals surface area contributed by atoms with Crippen molar-refractivity contribution in [3.05, 3.63) is 29.8 Å². The van der Waals surface area contributed by atoms with Gasteiger partial charge in [-0.15, -0.1) is 6.42 Å². The molecule has 0 spiro atoms. The summed E-state index contributed by atoms with van der Waals surface area (Å²) in [6, 6.07) is 5.79. The number of likely N-dealkylation sites (N-methyl/N-ethyl adjacent to an activating group) is 1. The summed E-state index contributed by atoms with van der Waals surface area (Å²) in [7, 11) is -3.68. The number of rotatable bonds is 8. The number of hydrogen-bond acceptors (Lipinski definition) is 5. The third-order valence-electron chi connectivity index (χ3n) is 4.91. The Morgan fingerprint density at radius 2 is 1.69 bits per heavy atom. The second-order valence-electron chi connectivity index (χ2n) is 6.69. The van der Waals surface area contributed by atoms with E-state index in [9.17, 15) is 18.0 Å². The number of carbonyl (C=O) groups is 2. The van der Waals surface area contributed by atoms with E-state index in [4.69, 9.17) is 6.42 Å². The van der Waals surface area contributed by atoms with Crippen molar-refractivity contribution >= 4 is 21.8 Å².